The summed E-state index contributed by atoms with van der Waals surface area (Å²) >= 11 is 0. The zero-order valence-corrected chi connectivity index (χ0v) is 14.3. The topological polar surface area (TPSA) is 122 Å². The van der Waals surface area contributed by atoms with Crippen molar-refractivity contribution in [3.8, 4) is 17.2 Å². The van der Waals surface area contributed by atoms with E-state index in [1.165, 1.54) is 7.05 Å². The van der Waals surface area contributed by atoms with E-state index in [4.69, 9.17) is 9.26 Å². The number of benzene rings is 1. The Labute approximate surface area is 146 Å². The highest BCUT2D eigenvalue weighted by molar-refractivity contribution is 5.84. The van der Waals surface area contributed by atoms with Crippen molar-refractivity contribution >= 4 is 5.97 Å². The first kappa shape index (κ1) is 17.3. The first-order valence-corrected chi connectivity index (χ1v) is 7.71. The Balaban J connectivity index is 2.14. The molecular weight excluding hydrogens is 342 g/mol. The van der Waals surface area contributed by atoms with Gasteiger partial charge in [0.05, 0.1) is 12.3 Å². The molecule has 0 aliphatic carbocycles. The van der Waals surface area contributed by atoms with E-state index >= 15 is 0 Å². The molecule has 0 saturated carbocycles. The van der Waals surface area contributed by atoms with Gasteiger partial charge in [0.15, 0.2) is 5.69 Å². The molecule has 10 heteroatoms. The zero-order chi connectivity index (χ0) is 18.8. The van der Waals surface area contributed by atoms with Crippen LogP contribution in [0, 0.1) is 6.92 Å². The van der Waals surface area contributed by atoms with Crippen molar-refractivity contribution in [2.75, 3.05) is 6.61 Å². The number of carbonyl (C=O) groups excluding carboxylic acids is 1. The highest BCUT2D eigenvalue weighted by Crippen LogP contribution is 2.11. The molecule has 0 amide bonds. The summed E-state index contributed by atoms with van der Waals surface area (Å²) in [6.45, 7) is 3.67. The normalized spacial score (nSPS) is 10.7. The standard InChI is InChI=1S/C16H15N5O5/c1-4-25-15(23)13-17-12(19-26-13)11-14(22)20(3)16(24)21(18-11)10-7-5-9(2)6-8-10/h5-8H,4H2,1-3H3. The van der Waals surface area contributed by atoms with E-state index in [9.17, 15) is 14.4 Å². The van der Waals surface area contributed by atoms with Gasteiger partial charge in [0.2, 0.25) is 5.82 Å². The molecular formula is C16H15N5O5. The number of aryl methyl sites for hydroxylation is 1. The van der Waals surface area contributed by atoms with E-state index in [1.807, 2.05) is 6.92 Å². The molecule has 3 rings (SSSR count). The summed E-state index contributed by atoms with van der Waals surface area (Å²) in [6, 6.07) is 7.00. The minimum absolute atomic E-state index is 0.134. The predicted molar refractivity (Wildman–Crippen MR) is 89.1 cm³/mol. The SMILES string of the molecule is CCOC(=O)c1nc(-c2nn(-c3ccc(C)cc3)c(=O)n(C)c2=O)no1. The number of hydrogen-bond donors (Lipinski definition) is 0. The molecule has 0 spiro atoms. The molecule has 134 valence electrons. The van der Waals surface area contributed by atoms with Crippen LogP contribution in [-0.2, 0) is 11.8 Å². The Morgan fingerprint density at radius 3 is 2.58 bits per heavy atom. The first-order chi connectivity index (χ1) is 12.4. The van der Waals surface area contributed by atoms with Crippen LogP contribution >= 0.6 is 0 Å². The molecule has 2 heterocycles. The molecule has 2 aromatic heterocycles. The predicted octanol–water partition coefficient (Wildman–Crippen LogP) is 0.466. The lowest BCUT2D eigenvalue weighted by molar-refractivity contribution is 0.0470. The smallest absolute Gasteiger partial charge is 0.397 e. The van der Waals surface area contributed by atoms with Gasteiger partial charge in [-0.15, -0.1) is 0 Å². The summed E-state index contributed by atoms with van der Waals surface area (Å²) in [7, 11) is 1.31. The van der Waals surface area contributed by atoms with Gasteiger partial charge >= 0.3 is 17.5 Å². The molecule has 0 unspecified atom stereocenters. The van der Waals surface area contributed by atoms with Gasteiger partial charge in [0.1, 0.15) is 0 Å². The average molecular weight is 357 g/mol. The Bertz CT molecular complexity index is 1080. The van der Waals surface area contributed by atoms with Gasteiger partial charge in [-0.3, -0.25) is 9.36 Å². The van der Waals surface area contributed by atoms with Crippen LogP contribution < -0.4 is 11.2 Å². The second-order valence-corrected chi connectivity index (χ2v) is 5.39. The number of nitrogens with zero attached hydrogens (tertiary/aromatic N) is 5. The van der Waals surface area contributed by atoms with Gasteiger partial charge in [-0.1, -0.05) is 22.9 Å². The van der Waals surface area contributed by atoms with Crippen molar-refractivity contribution < 1.29 is 14.1 Å². The van der Waals surface area contributed by atoms with E-state index < -0.39 is 23.1 Å². The quantitative estimate of drug-likeness (QED) is 0.617. The molecule has 0 radical (unpaired) electrons. The lowest BCUT2D eigenvalue weighted by Gasteiger charge is -2.07. The number of carbonyl (C=O) groups is 1. The molecule has 3 aromatic rings. The number of esters is 1. The lowest BCUT2D eigenvalue weighted by atomic mass is 10.2. The van der Waals surface area contributed by atoms with E-state index in [2.05, 4.69) is 15.2 Å². The van der Waals surface area contributed by atoms with Crippen molar-refractivity contribution in [2.24, 2.45) is 7.05 Å². The first-order valence-electron chi connectivity index (χ1n) is 7.71. The fourth-order valence-corrected chi connectivity index (χ4v) is 2.16. The van der Waals surface area contributed by atoms with Crippen LogP contribution in [0.5, 0.6) is 0 Å². The van der Waals surface area contributed by atoms with Crippen molar-refractivity contribution in [1.29, 1.82) is 0 Å². The van der Waals surface area contributed by atoms with E-state index in [1.54, 1.807) is 31.2 Å². The van der Waals surface area contributed by atoms with E-state index in [-0.39, 0.29) is 18.1 Å². The van der Waals surface area contributed by atoms with Gasteiger partial charge in [0, 0.05) is 7.05 Å². The van der Waals surface area contributed by atoms with Gasteiger partial charge in [-0.2, -0.15) is 14.8 Å². The van der Waals surface area contributed by atoms with Gasteiger partial charge in [0.25, 0.3) is 5.56 Å². The molecule has 10 nitrogen and oxygen atoms in total. The average Bonchev–Trinajstić information content (AvgIpc) is 3.11. The van der Waals surface area contributed by atoms with Crippen LogP contribution in [0.3, 0.4) is 0 Å². The molecule has 1 aromatic carbocycles. The van der Waals surface area contributed by atoms with E-state index in [0.717, 1.165) is 14.8 Å². The summed E-state index contributed by atoms with van der Waals surface area (Å²) in [5.74, 6) is -1.43. The van der Waals surface area contributed by atoms with Crippen LogP contribution in [0.4, 0.5) is 0 Å². The van der Waals surface area contributed by atoms with Crippen LogP contribution in [0.2, 0.25) is 0 Å². The fourth-order valence-electron chi connectivity index (χ4n) is 2.16. The van der Waals surface area contributed by atoms with Crippen molar-refractivity contribution in [3.63, 3.8) is 0 Å². The fraction of sp³-hybridized carbons (Fsp3) is 0.250. The molecule has 0 bridgehead atoms. The van der Waals surface area contributed by atoms with Gasteiger partial charge in [-0.25, -0.2) is 9.59 Å². The molecule has 26 heavy (non-hydrogen) atoms. The van der Waals surface area contributed by atoms with Gasteiger partial charge in [-0.05, 0) is 26.0 Å². The molecule has 0 fully saturated rings. The van der Waals surface area contributed by atoms with E-state index in [0.29, 0.717) is 5.69 Å². The maximum absolute atomic E-state index is 12.4. The summed E-state index contributed by atoms with van der Waals surface area (Å²) in [4.78, 5) is 40.2. The zero-order valence-electron chi connectivity index (χ0n) is 14.3. The molecule has 0 aliphatic heterocycles. The monoisotopic (exact) mass is 357 g/mol. The third kappa shape index (κ3) is 3.04. The van der Waals surface area contributed by atoms with Crippen molar-refractivity contribution in [1.82, 2.24) is 24.5 Å². The minimum Gasteiger partial charge on any atom is -0.459 e. The number of ether oxygens (including phenoxy) is 1. The van der Waals surface area contributed by atoms with Crippen LogP contribution in [-0.4, -0.2) is 37.1 Å². The largest absolute Gasteiger partial charge is 0.459 e. The third-order valence-corrected chi connectivity index (χ3v) is 3.54. The minimum atomic E-state index is -0.810. The maximum Gasteiger partial charge on any atom is 0.397 e. The second-order valence-electron chi connectivity index (χ2n) is 5.39. The summed E-state index contributed by atoms with van der Waals surface area (Å²) < 4.78 is 11.5. The Hall–Kier alpha value is -3.56. The highest BCUT2D eigenvalue weighted by Gasteiger charge is 2.22. The van der Waals surface area contributed by atoms with Crippen LogP contribution in [0.25, 0.3) is 17.2 Å². The Kier molecular flexibility index (Phi) is 4.48. The van der Waals surface area contributed by atoms with Crippen molar-refractivity contribution in [3.05, 3.63) is 56.6 Å². The number of rotatable bonds is 4. The summed E-state index contributed by atoms with van der Waals surface area (Å²) in [5.41, 5.74) is -0.103. The maximum atomic E-state index is 12.4. The number of hydrogen-bond acceptors (Lipinski definition) is 8. The van der Waals surface area contributed by atoms with Crippen LogP contribution in [0.15, 0.2) is 38.4 Å². The van der Waals surface area contributed by atoms with Gasteiger partial charge < -0.3 is 9.26 Å². The summed E-state index contributed by atoms with van der Waals surface area (Å²) in [6.07, 6.45) is 0. The lowest BCUT2D eigenvalue weighted by Crippen LogP contribution is -2.40. The Morgan fingerprint density at radius 1 is 1.23 bits per heavy atom. The molecule has 0 aliphatic rings. The summed E-state index contributed by atoms with van der Waals surface area (Å²) in [5, 5.41) is 7.65. The second kappa shape index (κ2) is 6.75. The van der Waals surface area contributed by atoms with Crippen LogP contribution in [0.1, 0.15) is 23.2 Å². The Morgan fingerprint density at radius 2 is 1.92 bits per heavy atom. The molecule has 0 N–H and O–H groups in total. The molecule has 0 saturated heterocycles. The molecule has 0 atom stereocenters. The highest BCUT2D eigenvalue weighted by atomic mass is 16.6. The number of aromatic nitrogens is 5. The third-order valence-electron chi connectivity index (χ3n) is 3.54. The van der Waals surface area contributed by atoms with Crippen molar-refractivity contribution in [2.45, 2.75) is 13.8 Å².